The Balaban J connectivity index is 1.57. The SMILES string of the molecule is O=S(=O)(Cc1cc(F)ccc1F)NCC1CCCN(c2nccs2)C1. The van der Waals surface area contributed by atoms with Crippen molar-refractivity contribution >= 4 is 26.5 Å². The Labute approximate surface area is 149 Å². The van der Waals surface area contributed by atoms with Crippen LogP contribution in [0.5, 0.6) is 0 Å². The molecule has 5 nitrogen and oxygen atoms in total. The fraction of sp³-hybridized carbons (Fsp3) is 0.438. The maximum Gasteiger partial charge on any atom is 0.215 e. The summed E-state index contributed by atoms with van der Waals surface area (Å²) in [5.41, 5.74) is -0.166. The van der Waals surface area contributed by atoms with Gasteiger partial charge in [0.15, 0.2) is 5.13 Å². The van der Waals surface area contributed by atoms with Gasteiger partial charge in [0.05, 0.1) is 5.75 Å². The lowest BCUT2D eigenvalue weighted by atomic mass is 9.99. The average Bonchev–Trinajstić information content (AvgIpc) is 3.11. The summed E-state index contributed by atoms with van der Waals surface area (Å²) in [4.78, 5) is 6.44. The molecule has 0 amide bonds. The van der Waals surface area contributed by atoms with Crippen molar-refractivity contribution in [3.63, 3.8) is 0 Å². The first-order valence-corrected chi connectivity index (χ1v) is 10.5. The number of thiazole rings is 1. The van der Waals surface area contributed by atoms with Crippen LogP contribution in [0.25, 0.3) is 0 Å². The number of piperidine rings is 1. The van der Waals surface area contributed by atoms with E-state index >= 15 is 0 Å². The molecule has 1 N–H and O–H groups in total. The topological polar surface area (TPSA) is 62.3 Å². The Morgan fingerprint density at radius 1 is 1.36 bits per heavy atom. The van der Waals surface area contributed by atoms with Crippen LogP contribution in [-0.4, -0.2) is 33.0 Å². The number of halogens is 2. The highest BCUT2D eigenvalue weighted by Crippen LogP contribution is 2.24. The van der Waals surface area contributed by atoms with Crippen LogP contribution in [0, 0.1) is 17.6 Å². The maximum absolute atomic E-state index is 13.6. The smallest absolute Gasteiger partial charge is 0.215 e. The van der Waals surface area contributed by atoms with Crippen molar-refractivity contribution in [2.24, 2.45) is 5.92 Å². The lowest BCUT2D eigenvalue weighted by Crippen LogP contribution is -2.41. The number of hydrogen-bond donors (Lipinski definition) is 1. The standard InChI is InChI=1S/C16H19F2N3O2S2/c17-14-3-4-15(18)13(8-14)11-25(22,23)20-9-12-2-1-6-21(10-12)16-19-5-7-24-16/h3-5,7-8,12,20H,1-2,6,9-11H2. The molecule has 0 spiro atoms. The van der Waals surface area contributed by atoms with Gasteiger partial charge in [0, 0.05) is 36.8 Å². The molecular weight excluding hydrogens is 368 g/mol. The number of nitrogens with one attached hydrogen (secondary N) is 1. The molecule has 1 atom stereocenters. The number of nitrogens with zero attached hydrogens (tertiary/aromatic N) is 2. The van der Waals surface area contributed by atoms with Gasteiger partial charge in [-0.05, 0) is 37.0 Å². The molecular formula is C16H19F2N3O2S2. The molecule has 1 unspecified atom stereocenters. The van der Waals surface area contributed by atoms with Crippen molar-refractivity contribution in [3.05, 3.63) is 47.0 Å². The third-order valence-electron chi connectivity index (χ3n) is 4.15. The van der Waals surface area contributed by atoms with Crippen LogP contribution in [0.3, 0.4) is 0 Å². The van der Waals surface area contributed by atoms with Gasteiger partial charge in [-0.15, -0.1) is 11.3 Å². The lowest BCUT2D eigenvalue weighted by Gasteiger charge is -2.32. The van der Waals surface area contributed by atoms with Crippen LogP contribution in [0.1, 0.15) is 18.4 Å². The largest absolute Gasteiger partial charge is 0.348 e. The summed E-state index contributed by atoms with van der Waals surface area (Å²) >= 11 is 1.56. The highest BCUT2D eigenvalue weighted by Gasteiger charge is 2.23. The second kappa shape index (κ2) is 7.76. The minimum Gasteiger partial charge on any atom is -0.348 e. The van der Waals surface area contributed by atoms with Crippen molar-refractivity contribution < 1.29 is 17.2 Å². The number of hydrogen-bond acceptors (Lipinski definition) is 5. The molecule has 0 saturated carbocycles. The average molecular weight is 387 g/mol. The lowest BCUT2D eigenvalue weighted by molar-refractivity contribution is 0.410. The van der Waals surface area contributed by atoms with Crippen molar-refractivity contribution in [1.82, 2.24) is 9.71 Å². The Bertz CT molecular complexity index is 813. The number of benzene rings is 1. The van der Waals surface area contributed by atoms with E-state index in [1.165, 1.54) is 0 Å². The van der Waals surface area contributed by atoms with Crippen LogP contribution in [0.2, 0.25) is 0 Å². The van der Waals surface area contributed by atoms with Crippen LogP contribution < -0.4 is 9.62 Å². The van der Waals surface area contributed by atoms with Gasteiger partial charge in [0.1, 0.15) is 11.6 Å². The van der Waals surface area contributed by atoms with Crippen LogP contribution >= 0.6 is 11.3 Å². The summed E-state index contributed by atoms with van der Waals surface area (Å²) in [6.45, 7) is 1.91. The molecule has 2 aromatic rings. The molecule has 0 bridgehead atoms. The fourth-order valence-electron chi connectivity index (χ4n) is 2.93. The van der Waals surface area contributed by atoms with E-state index in [2.05, 4.69) is 14.6 Å². The predicted octanol–water partition coefficient (Wildman–Crippen LogP) is 2.76. The van der Waals surface area contributed by atoms with E-state index in [0.717, 1.165) is 49.3 Å². The molecule has 1 aliphatic rings. The third kappa shape index (κ3) is 4.96. The van der Waals surface area contributed by atoms with E-state index in [4.69, 9.17) is 0 Å². The van der Waals surface area contributed by atoms with E-state index in [-0.39, 0.29) is 18.0 Å². The molecule has 1 saturated heterocycles. The summed E-state index contributed by atoms with van der Waals surface area (Å²) < 4.78 is 53.7. The predicted molar refractivity (Wildman–Crippen MR) is 94.0 cm³/mol. The van der Waals surface area contributed by atoms with Gasteiger partial charge in [-0.2, -0.15) is 0 Å². The summed E-state index contributed by atoms with van der Waals surface area (Å²) in [5, 5.41) is 2.85. The second-order valence-corrected chi connectivity index (χ2v) is 8.79. The van der Waals surface area contributed by atoms with Crippen molar-refractivity contribution in [2.75, 3.05) is 24.5 Å². The van der Waals surface area contributed by atoms with E-state index < -0.39 is 27.4 Å². The molecule has 1 aromatic carbocycles. The van der Waals surface area contributed by atoms with Gasteiger partial charge in [0.25, 0.3) is 0 Å². The van der Waals surface area contributed by atoms with Crippen LogP contribution in [0.15, 0.2) is 29.8 Å². The minimum absolute atomic E-state index is 0.157. The molecule has 136 valence electrons. The number of sulfonamides is 1. The third-order valence-corrected chi connectivity index (χ3v) is 6.28. The molecule has 2 heterocycles. The number of rotatable bonds is 6. The Hall–Kier alpha value is -1.58. The van der Waals surface area contributed by atoms with Gasteiger partial charge in [-0.25, -0.2) is 26.9 Å². The van der Waals surface area contributed by atoms with Crippen LogP contribution in [-0.2, 0) is 15.8 Å². The van der Waals surface area contributed by atoms with E-state index in [1.807, 2.05) is 5.38 Å². The van der Waals surface area contributed by atoms with Gasteiger partial charge < -0.3 is 4.90 Å². The second-order valence-electron chi connectivity index (χ2n) is 6.11. The fourth-order valence-corrected chi connectivity index (χ4v) is 4.83. The quantitative estimate of drug-likeness (QED) is 0.828. The molecule has 1 aliphatic heterocycles. The van der Waals surface area contributed by atoms with E-state index in [1.54, 1.807) is 17.5 Å². The maximum atomic E-state index is 13.6. The minimum atomic E-state index is -3.73. The van der Waals surface area contributed by atoms with Gasteiger partial charge in [0.2, 0.25) is 10.0 Å². The van der Waals surface area contributed by atoms with Gasteiger partial charge >= 0.3 is 0 Å². The zero-order valence-corrected chi connectivity index (χ0v) is 15.1. The Morgan fingerprint density at radius 2 is 2.20 bits per heavy atom. The summed E-state index contributed by atoms with van der Waals surface area (Å²) in [6.07, 6.45) is 3.63. The van der Waals surface area contributed by atoms with Crippen molar-refractivity contribution in [2.45, 2.75) is 18.6 Å². The monoisotopic (exact) mass is 387 g/mol. The molecule has 9 heteroatoms. The first-order valence-electron chi connectivity index (χ1n) is 7.99. The van der Waals surface area contributed by atoms with Crippen molar-refractivity contribution in [3.8, 4) is 0 Å². The summed E-state index contributed by atoms with van der Waals surface area (Å²) in [6, 6.07) is 2.82. The number of aromatic nitrogens is 1. The molecule has 25 heavy (non-hydrogen) atoms. The molecule has 3 rings (SSSR count). The van der Waals surface area contributed by atoms with Crippen molar-refractivity contribution in [1.29, 1.82) is 0 Å². The normalized spacial score (nSPS) is 18.5. The van der Waals surface area contributed by atoms with Gasteiger partial charge in [-0.3, -0.25) is 0 Å². The molecule has 1 aromatic heterocycles. The molecule has 0 aliphatic carbocycles. The summed E-state index contributed by atoms with van der Waals surface area (Å²) in [5.74, 6) is -1.79. The summed E-state index contributed by atoms with van der Waals surface area (Å²) in [7, 11) is -3.73. The zero-order chi connectivity index (χ0) is 17.9. The van der Waals surface area contributed by atoms with Crippen LogP contribution in [0.4, 0.5) is 13.9 Å². The Morgan fingerprint density at radius 3 is 2.96 bits per heavy atom. The molecule has 1 fully saturated rings. The first kappa shape index (κ1) is 18.2. The highest BCUT2D eigenvalue weighted by atomic mass is 32.2. The number of anilines is 1. The first-order chi connectivity index (χ1) is 11.9. The van der Waals surface area contributed by atoms with Gasteiger partial charge in [-0.1, -0.05) is 0 Å². The van der Waals surface area contributed by atoms with E-state index in [0.29, 0.717) is 0 Å². The van der Waals surface area contributed by atoms with E-state index in [9.17, 15) is 17.2 Å². The highest BCUT2D eigenvalue weighted by molar-refractivity contribution is 7.88. The molecule has 0 radical (unpaired) electrons. The Kier molecular flexibility index (Phi) is 5.65. The zero-order valence-electron chi connectivity index (χ0n) is 13.5.